The normalized spacial score (nSPS) is 13.5. The molecule has 1 rings (SSSR count). The first kappa shape index (κ1) is 12.8. The fourth-order valence-electron chi connectivity index (χ4n) is 0.855. The molecule has 7 nitrogen and oxygen atoms in total. The van der Waals surface area contributed by atoms with Crippen LogP contribution in [0.25, 0.3) is 0 Å². The van der Waals surface area contributed by atoms with Crippen LogP contribution in [0.5, 0.6) is 0 Å². The topological polar surface area (TPSA) is 111 Å². The molecule has 0 spiro atoms. The Morgan fingerprint density at radius 2 is 1.94 bits per heavy atom. The van der Waals surface area contributed by atoms with Crippen molar-refractivity contribution in [2.75, 3.05) is 11.3 Å². The summed E-state index contributed by atoms with van der Waals surface area (Å²) in [5.74, 6) is -0.0246. The van der Waals surface area contributed by atoms with Crippen LogP contribution in [0.2, 0.25) is 0 Å². The summed E-state index contributed by atoms with van der Waals surface area (Å²) in [6.45, 7) is 5.02. The largest absolute Gasteiger partial charge is 0.329 e. The second-order valence-electron chi connectivity index (χ2n) is 3.50. The maximum absolute atomic E-state index is 11.6. The van der Waals surface area contributed by atoms with Crippen LogP contribution in [-0.4, -0.2) is 35.4 Å². The van der Waals surface area contributed by atoms with Crippen molar-refractivity contribution >= 4 is 16.0 Å². The first-order valence-corrected chi connectivity index (χ1v) is 6.31. The van der Waals surface area contributed by atoms with Gasteiger partial charge in [0, 0.05) is 6.54 Å². The Bertz CT molecular complexity index is 473. The number of anilines is 1. The Kier molecular flexibility index (Phi) is 3.76. The average molecular weight is 245 g/mol. The van der Waals surface area contributed by atoms with E-state index in [0.717, 1.165) is 0 Å². The van der Waals surface area contributed by atoms with Crippen LogP contribution in [-0.2, 0) is 10.0 Å². The number of hydrogen-bond donors (Lipinski definition) is 2. The molecule has 1 atom stereocenters. The molecular formula is C8H15N5O2S. The fraction of sp³-hybridized carbons (Fsp3) is 0.625. The molecule has 1 aromatic rings. The van der Waals surface area contributed by atoms with E-state index in [-0.39, 0.29) is 12.5 Å². The van der Waals surface area contributed by atoms with Gasteiger partial charge in [-0.05, 0) is 20.8 Å². The molecule has 0 bridgehead atoms. The number of hydrogen-bond acceptors (Lipinski definition) is 6. The van der Waals surface area contributed by atoms with Gasteiger partial charge in [-0.15, -0.1) is 5.10 Å². The lowest BCUT2D eigenvalue weighted by molar-refractivity contribution is 0.588. The third-order valence-electron chi connectivity index (χ3n) is 2.19. The van der Waals surface area contributed by atoms with Gasteiger partial charge in [0.15, 0.2) is 0 Å². The molecule has 0 radical (unpaired) electrons. The predicted molar refractivity (Wildman–Crippen MR) is 60.4 cm³/mol. The summed E-state index contributed by atoms with van der Waals surface area (Å²) in [4.78, 5) is 3.97. The van der Waals surface area contributed by atoms with Crippen LogP contribution in [0.3, 0.4) is 0 Å². The lowest BCUT2D eigenvalue weighted by Gasteiger charge is -2.11. The van der Waals surface area contributed by atoms with Crippen molar-refractivity contribution in [3.63, 3.8) is 0 Å². The van der Waals surface area contributed by atoms with Crippen LogP contribution in [0.15, 0.2) is 0 Å². The molecule has 0 aromatic carbocycles. The van der Waals surface area contributed by atoms with Crippen LogP contribution in [0.1, 0.15) is 18.3 Å². The van der Waals surface area contributed by atoms with Crippen molar-refractivity contribution in [2.24, 2.45) is 5.73 Å². The number of sulfonamides is 1. The van der Waals surface area contributed by atoms with Gasteiger partial charge in [-0.1, -0.05) is 0 Å². The Balaban J connectivity index is 2.93. The maximum Gasteiger partial charge on any atom is 0.256 e. The van der Waals surface area contributed by atoms with Gasteiger partial charge in [0.25, 0.3) is 5.95 Å². The zero-order chi connectivity index (χ0) is 12.3. The van der Waals surface area contributed by atoms with Crippen LogP contribution < -0.4 is 10.5 Å². The Morgan fingerprint density at radius 1 is 1.31 bits per heavy atom. The van der Waals surface area contributed by atoms with Gasteiger partial charge in [-0.2, -0.15) is 5.10 Å². The summed E-state index contributed by atoms with van der Waals surface area (Å²) in [5.41, 5.74) is 6.58. The van der Waals surface area contributed by atoms with E-state index in [1.165, 1.54) is 6.92 Å². The predicted octanol–water partition coefficient (Wildman–Crippen LogP) is -0.423. The number of rotatable bonds is 4. The summed E-state index contributed by atoms with van der Waals surface area (Å²) in [6.07, 6.45) is 0. The SMILES string of the molecule is Cc1nnc(NS(=O)(=O)C(C)CN)nc1C. The molecule has 1 heterocycles. The zero-order valence-corrected chi connectivity index (χ0v) is 10.2. The van der Waals surface area contributed by atoms with Gasteiger partial charge in [0.1, 0.15) is 0 Å². The van der Waals surface area contributed by atoms with E-state index < -0.39 is 15.3 Å². The zero-order valence-electron chi connectivity index (χ0n) is 9.43. The minimum atomic E-state index is -3.53. The second kappa shape index (κ2) is 4.71. The number of nitrogens with zero attached hydrogens (tertiary/aromatic N) is 3. The third kappa shape index (κ3) is 2.86. The van der Waals surface area contributed by atoms with Gasteiger partial charge in [-0.3, -0.25) is 0 Å². The van der Waals surface area contributed by atoms with E-state index in [4.69, 9.17) is 5.73 Å². The molecule has 90 valence electrons. The lowest BCUT2D eigenvalue weighted by Crippen LogP contribution is -2.32. The van der Waals surface area contributed by atoms with Crippen molar-refractivity contribution in [1.29, 1.82) is 0 Å². The van der Waals surface area contributed by atoms with Gasteiger partial charge in [-0.25, -0.2) is 18.1 Å². The third-order valence-corrected chi connectivity index (χ3v) is 3.91. The monoisotopic (exact) mass is 245 g/mol. The van der Waals surface area contributed by atoms with E-state index in [1.54, 1.807) is 13.8 Å². The van der Waals surface area contributed by atoms with Crippen molar-refractivity contribution in [1.82, 2.24) is 15.2 Å². The summed E-state index contributed by atoms with van der Waals surface area (Å²) in [5, 5.41) is 6.73. The van der Waals surface area contributed by atoms with Crippen LogP contribution in [0.4, 0.5) is 5.95 Å². The minimum Gasteiger partial charge on any atom is -0.329 e. The van der Waals surface area contributed by atoms with E-state index in [1.807, 2.05) is 0 Å². The van der Waals surface area contributed by atoms with Crippen LogP contribution >= 0.6 is 0 Å². The highest BCUT2D eigenvalue weighted by Gasteiger charge is 2.20. The number of aryl methyl sites for hydroxylation is 2. The Morgan fingerprint density at radius 3 is 2.44 bits per heavy atom. The van der Waals surface area contributed by atoms with Gasteiger partial charge in [0.2, 0.25) is 10.0 Å². The molecule has 16 heavy (non-hydrogen) atoms. The molecule has 0 aliphatic heterocycles. The quantitative estimate of drug-likeness (QED) is 0.745. The van der Waals surface area contributed by atoms with E-state index in [2.05, 4.69) is 19.9 Å². The minimum absolute atomic E-state index is 0.0246. The molecule has 8 heteroatoms. The van der Waals surface area contributed by atoms with Crippen LogP contribution in [0, 0.1) is 13.8 Å². The molecular weight excluding hydrogens is 230 g/mol. The van der Waals surface area contributed by atoms with E-state index >= 15 is 0 Å². The molecule has 0 saturated heterocycles. The number of nitrogens with two attached hydrogens (primary N) is 1. The molecule has 0 saturated carbocycles. The van der Waals surface area contributed by atoms with Gasteiger partial charge in [0.05, 0.1) is 16.6 Å². The average Bonchev–Trinajstić information content (AvgIpc) is 2.22. The Labute approximate surface area is 94.5 Å². The van der Waals surface area contributed by atoms with E-state index in [0.29, 0.717) is 11.4 Å². The molecule has 0 amide bonds. The first-order chi connectivity index (χ1) is 7.36. The van der Waals surface area contributed by atoms with Crippen molar-refractivity contribution in [3.05, 3.63) is 11.4 Å². The standard InChI is InChI=1S/C8H15N5O2S/c1-5(4-9)16(14,15)13-8-10-6(2)7(3)11-12-8/h5H,4,9H2,1-3H3,(H,10,12,13). The maximum atomic E-state index is 11.6. The molecule has 3 N–H and O–H groups in total. The number of aromatic nitrogens is 3. The highest BCUT2D eigenvalue weighted by atomic mass is 32.2. The highest BCUT2D eigenvalue weighted by molar-refractivity contribution is 7.93. The smallest absolute Gasteiger partial charge is 0.256 e. The summed E-state index contributed by atoms with van der Waals surface area (Å²) in [6, 6.07) is 0. The summed E-state index contributed by atoms with van der Waals surface area (Å²) < 4.78 is 25.5. The van der Waals surface area contributed by atoms with Crippen molar-refractivity contribution in [3.8, 4) is 0 Å². The molecule has 1 aromatic heterocycles. The van der Waals surface area contributed by atoms with Gasteiger partial charge >= 0.3 is 0 Å². The molecule has 0 aliphatic carbocycles. The number of nitrogens with one attached hydrogen (secondary N) is 1. The van der Waals surface area contributed by atoms with Crippen molar-refractivity contribution < 1.29 is 8.42 Å². The van der Waals surface area contributed by atoms with Gasteiger partial charge < -0.3 is 5.73 Å². The molecule has 0 fully saturated rings. The first-order valence-electron chi connectivity index (χ1n) is 4.76. The summed E-state index contributed by atoms with van der Waals surface area (Å²) in [7, 11) is -3.53. The lowest BCUT2D eigenvalue weighted by atomic mass is 10.4. The molecule has 1 unspecified atom stereocenters. The Hall–Kier alpha value is -1.28. The van der Waals surface area contributed by atoms with Crippen molar-refractivity contribution in [2.45, 2.75) is 26.0 Å². The fourth-order valence-corrected chi connectivity index (χ4v) is 1.65. The summed E-state index contributed by atoms with van der Waals surface area (Å²) >= 11 is 0. The molecule has 0 aliphatic rings. The highest BCUT2D eigenvalue weighted by Crippen LogP contribution is 2.07. The van der Waals surface area contributed by atoms with E-state index in [9.17, 15) is 8.42 Å². The second-order valence-corrected chi connectivity index (χ2v) is 5.60.